The molecule has 0 aliphatic carbocycles. The second-order valence-electron chi connectivity index (χ2n) is 4.00. The first kappa shape index (κ1) is 15.6. The quantitative estimate of drug-likeness (QED) is 0.738. The Morgan fingerprint density at radius 3 is 2.75 bits per heavy atom. The fourth-order valence-corrected chi connectivity index (χ4v) is 1.42. The minimum absolute atomic E-state index is 0.224. The lowest BCUT2D eigenvalue weighted by Gasteiger charge is -2.13. The summed E-state index contributed by atoms with van der Waals surface area (Å²) in [5, 5.41) is 11.2. The first-order valence-electron chi connectivity index (χ1n) is 5.95. The van der Waals surface area contributed by atoms with Gasteiger partial charge in [0, 0.05) is 6.07 Å². The lowest BCUT2D eigenvalue weighted by molar-refractivity contribution is -0.138. The van der Waals surface area contributed by atoms with Crippen molar-refractivity contribution in [3.63, 3.8) is 0 Å². The predicted octanol–water partition coefficient (Wildman–Crippen LogP) is 1.46. The number of methoxy groups -OCH3 is 1. The SMILES string of the molecule is C=CCOc1cc(OC)ccc1C(=O)NC(C)C(=O)O. The zero-order valence-electron chi connectivity index (χ0n) is 11.4. The Bertz CT molecular complexity index is 512. The normalized spacial score (nSPS) is 11.3. The lowest BCUT2D eigenvalue weighted by Crippen LogP contribution is -2.38. The molecule has 1 aromatic carbocycles. The van der Waals surface area contributed by atoms with E-state index in [1.807, 2.05) is 0 Å². The van der Waals surface area contributed by atoms with Crippen molar-refractivity contribution in [2.45, 2.75) is 13.0 Å². The van der Waals surface area contributed by atoms with Crippen molar-refractivity contribution in [2.75, 3.05) is 13.7 Å². The third kappa shape index (κ3) is 4.01. The Morgan fingerprint density at radius 2 is 2.20 bits per heavy atom. The number of carboxylic acids is 1. The summed E-state index contributed by atoms with van der Waals surface area (Å²) in [7, 11) is 1.50. The van der Waals surface area contributed by atoms with Gasteiger partial charge < -0.3 is 19.9 Å². The molecule has 0 heterocycles. The molecule has 0 radical (unpaired) electrons. The number of ether oxygens (including phenoxy) is 2. The first-order valence-corrected chi connectivity index (χ1v) is 5.95. The molecule has 2 N–H and O–H groups in total. The van der Waals surface area contributed by atoms with Crippen molar-refractivity contribution in [1.29, 1.82) is 0 Å². The van der Waals surface area contributed by atoms with Crippen LogP contribution < -0.4 is 14.8 Å². The Kier molecular flexibility index (Phi) is 5.58. The van der Waals surface area contributed by atoms with Crippen LogP contribution in [0, 0.1) is 0 Å². The van der Waals surface area contributed by atoms with Gasteiger partial charge in [0.1, 0.15) is 24.1 Å². The highest BCUT2D eigenvalue weighted by molar-refractivity contribution is 5.99. The van der Waals surface area contributed by atoms with Gasteiger partial charge in [0.05, 0.1) is 12.7 Å². The van der Waals surface area contributed by atoms with E-state index < -0.39 is 17.9 Å². The number of carbonyl (C=O) groups is 2. The van der Waals surface area contributed by atoms with Crippen molar-refractivity contribution in [2.24, 2.45) is 0 Å². The van der Waals surface area contributed by atoms with Gasteiger partial charge in [-0.3, -0.25) is 9.59 Å². The fraction of sp³-hybridized carbons (Fsp3) is 0.286. The minimum atomic E-state index is -1.11. The number of hydrogen-bond donors (Lipinski definition) is 2. The number of hydrogen-bond acceptors (Lipinski definition) is 4. The monoisotopic (exact) mass is 279 g/mol. The topological polar surface area (TPSA) is 84.9 Å². The van der Waals surface area contributed by atoms with Crippen LogP contribution >= 0.6 is 0 Å². The van der Waals surface area contributed by atoms with Crippen LogP contribution in [-0.2, 0) is 4.79 Å². The van der Waals surface area contributed by atoms with E-state index in [4.69, 9.17) is 14.6 Å². The molecule has 0 saturated carbocycles. The number of rotatable bonds is 7. The van der Waals surface area contributed by atoms with Gasteiger partial charge in [-0.05, 0) is 19.1 Å². The molecule has 108 valence electrons. The standard InChI is InChI=1S/C14H17NO5/c1-4-7-20-12-8-10(19-3)5-6-11(12)13(16)15-9(2)14(17)18/h4-6,8-9H,1,7H2,2-3H3,(H,15,16)(H,17,18). The van der Waals surface area contributed by atoms with Gasteiger partial charge in [0.2, 0.25) is 0 Å². The van der Waals surface area contributed by atoms with Crippen LogP contribution in [0.2, 0.25) is 0 Å². The zero-order chi connectivity index (χ0) is 15.1. The molecular formula is C14H17NO5. The highest BCUT2D eigenvalue weighted by Gasteiger charge is 2.19. The van der Waals surface area contributed by atoms with Gasteiger partial charge in [-0.15, -0.1) is 0 Å². The van der Waals surface area contributed by atoms with Gasteiger partial charge in [0.25, 0.3) is 5.91 Å². The average Bonchev–Trinajstić information content (AvgIpc) is 2.44. The van der Waals surface area contributed by atoms with Crippen molar-refractivity contribution in [3.8, 4) is 11.5 Å². The fourth-order valence-electron chi connectivity index (χ4n) is 1.42. The molecule has 6 heteroatoms. The van der Waals surface area contributed by atoms with E-state index in [1.165, 1.54) is 20.1 Å². The highest BCUT2D eigenvalue weighted by atomic mass is 16.5. The van der Waals surface area contributed by atoms with E-state index in [1.54, 1.807) is 18.2 Å². The average molecular weight is 279 g/mol. The van der Waals surface area contributed by atoms with Gasteiger partial charge in [0.15, 0.2) is 0 Å². The van der Waals surface area contributed by atoms with E-state index in [0.717, 1.165) is 0 Å². The van der Waals surface area contributed by atoms with E-state index >= 15 is 0 Å². The van der Waals surface area contributed by atoms with Gasteiger partial charge in [-0.25, -0.2) is 0 Å². The maximum atomic E-state index is 12.0. The van der Waals surface area contributed by atoms with E-state index in [9.17, 15) is 9.59 Å². The molecule has 0 aliphatic heterocycles. The first-order chi connectivity index (χ1) is 9.49. The second-order valence-corrected chi connectivity index (χ2v) is 4.00. The summed E-state index contributed by atoms with van der Waals surface area (Å²) < 4.78 is 10.4. The third-order valence-corrected chi connectivity index (χ3v) is 2.51. The molecular weight excluding hydrogens is 262 g/mol. The molecule has 1 atom stereocenters. The molecule has 1 aromatic rings. The van der Waals surface area contributed by atoms with Crippen molar-refractivity contribution >= 4 is 11.9 Å². The molecule has 6 nitrogen and oxygen atoms in total. The molecule has 1 amide bonds. The van der Waals surface area contributed by atoms with Crippen LogP contribution in [0.15, 0.2) is 30.9 Å². The smallest absolute Gasteiger partial charge is 0.325 e. The van der Waals surface area contributed by atoms with Crippen LogP contribution in [0.1, 0.15) is 17.3 Å². The summed E-state index contributed by atoms with van der Waals surface area (Å²) in [4.78, 5) is 22.8. The van der Waals surface area contributed by atoms with Crippen LogP contribution in [0.4, 0.5) is 0 Å². The summed E-state index contributed by atoms with van der Waals surface area (Å²) in [6, 6.07) is 3.68. The minimum Gasteiger partial charge on any atom is -0.497 e. The third-order valence-electron chi connectivity index (χ3n) is 2.51. The molecule has 1 unspecified atom stereocenters. The highest BCUT2D eigenvalue weighted by Crippen LogP contribution is 2.25. The van der Waals surface area contributed by atoms with Crippen LogP contribution in [0.25, 0.3) is 0 Å². The Labute approximate surface area is 117 Å². The van der Waals surface area contributed by atoms with Crippen LogP contribution in [0.3, 0.4) is 0 Å². The summed E-state index contributed by atoms with van der Waals surface area (Å²) in [6.07, 6.45) is 1.54. The van der Waals surface area contributed by atoms with Gasteiger partial charge in [-0.1, -0.05) is 12.7 Å². The molecule has 0 spiro atoms. The summed E-state index contributed by atoms with van der Waals surface area (Å²) in [5.74, 6) is -0.798. The second kappa shape index (κ2) is 7.18. The Morgan fingerprint density at radius 1 is 1.50 bits per heavy atom. The summed E-state index contributed by atoms with van der Waals surface area (Å²) >= 11 is 0. The van der Waals surface area contributed by atoms with E-state index in [2.05, 4.69) is 11.9 Å². The maximum absolute atomic E-state index is 12.0. The Hall–Kier alpha value is -2.50. The van der Waals surface area contributed by atoms with Crippen molar-refractivity contribution < 1.29 is 24.2 Å². The lowest BCUT2D eigenvalue weighted by atomic mass is 10.1. The number of nitrogens with one attached hydrogen (secondary N) is 1. The van der Waals surface area contributed by atoms with Gasteiger partial charge >= 0.3 is 5.97 Å². The van der Waals surface area contributed by atoms with Crippen LogP contribution in [0.5, 0.6) is 11.5 Å². The molecule has 20 heavy (non-hydrogen) atoms. The van der Waals surface area contributed by atoms with Crippen LogP contribution in [-0.4, -0.2) is 36.7 Å². The molecule has 1 rings (SSSR count). The predicted molar refractivity (Wildman–Crippen MR) is 73.3 cm³/mol. The zero-order valence-corrected chi connectivity index (χ0v) is 11.4. The molecule has 0 saturated heterocycles. The van der Waals surface area contributed by atoms with E-state index in [-0.39, 0.29) is 12.2 Å². The maximum Gasteiger partial charge on any atom is 0.325 e. The van der Waals surface area contributed by atoms with E-state index in [0.29, 0.717) is 11.5 Å². The molecule has 0 fully saturated rings. The van der Waals surface area contributed by atoms with Gasteiger partial charge in [-0.2, -0.15) is 0 Å². The number of carbonyl (C=O) groups excluding carboxylic acids is 1. The number of aliphatic carboxylic acids is 1. The van der Waals surface area contributed by atoms with Crippen molar-refractivity contribution in [1.82, 2.24) is 5.32 Å². The Balaban J connectivity index is 2.99. The molecule has 0 aliphatic rings. The largest absolute Gasteiger partial charge is 0.497 e. The van der Waals surface area contributed by atoms with Crippen molar-refractivity contribution in [3.05, 3.63) is 36.4 Å². The summed E-state index contributed by atoms with van der Waals surface area (Å²) in [6.45, 7) is 5.14. The number of amides is 1. The molecule has 0 bridgehead atoms. The summed E-state index contributed by atoms with van der Waals surface area (Å²) in [5.41, 5.74) is 0.237. The number of carboxylic acid groups (broad SMARTS) is 1. The number of benzene rings is 1. The molecule has 0 aromatic heterocycles.